The van der Waals surface area contributed by atoms with Crippen molar-refractivity contribution in [1.29, 1.82) is 0 Å². The van der Waals surface area contributed by atoms with Gasteiger partial charge >= 0.3 is 0 Å². The number of H-pyrrole nitrogens is 1. The lowest BCUT2D eigenvalue weighted by Gasteiger charge is -2.12. The number of halogens is 1. The van der Waals surface area contributed by atoms with Crippen LogP contribution in [0.15, 0.2) is 78.1 Å². The van der Waals surface area contributed by atoms with E-state index in [1.54, 1.807) is 37.4 Å². The fourth-order valence-electron chi connectivity index (χ4n) is 3.84. The van der Waals surface area contributed by atoms with Gasteiger partial charge in [-0.3, -0.25) is 9.36 Å². The van der Waals surface area contributed by atoms with Gasteiger partial charge in [-0.1, -0.05) is 30.0 Å². The molecule has 0 radical (unpaired) electrons. The molecule has 0 aliphatic heterocycles. The van der Waals surface area contributed by atoms with Gasteiger partial charge in [0.15, 0.2) is 11.0 Å². The van der Waals surface area contributed by atoms with E-state index >= 15 is 0 Å². The van der Waals surface area contributed by atoms with Crippen molar-refractivity contribution in [2.24, 2.45) is 0 Å². The number of nitrogens with one attached hydrogen (secondary N) is 2. The Balaban J connectivity index is 1.44. The Hall–Kier alpha value is -4.31. The van der Waals surface area contributed by atoms with E-state index in [1.807, 2.05) is 35.0 Å². The molecule has 2 aromatic heterocycles. The number of aromatic nitrogens is 4. The normalized spacial score (nSPS) is 11.0. The highest BCUT2D eigenvalue weighted by Gasteiger charge is 2.20. The number of carbonyl (C=O) groups excluding carboxylic acids is 1. The van der Waals surface area contributed by atoms with Crippen LogP contribution in [0.2, 0.25) is 0 Å². The van der Waals surface area contributed by atoms with Crippen LogP contribution in [-0.2, 0) is 4.79 Å². The summed E-state index contributed by atoms with van der Waals surface area (Å²) in [4.78, 5) is 16.0. The number of rotatable bonds is 8. The number of thioether (sulfide) groups is 1. The molecule has 5 aromatic rings. The molecule has 0 aliphatic rings. The average molecular weight is 504 g/mol. The topological polar surface area (TPSA) is 94.1 Å². The maximum Gasteiger partial charge on any atom is 0.234 e. The number of carbonyl (C=O) groups is 1. The van der Waals surface area contributed by atoms with Gasteiger partial charge in [0.1, 0.15) is 17.3 Å². The summed E-state index contributed by atoms with van der Waals surface area (Å²) < 4.78 is 26.0. The predicted octanol–water partition coefficient (Wildman–Crippen LogP) is 5.30. The second-order valence-electron chi connectivity index (χ2n) is 7.77. The number of methoxy groups -OCH3 is 2. The highest BCUT2D eigenvalue weighted by molar-refractivity contribution is 7.99. The third kappa shape index (κ3) is 4.63. The molecule has 2 heterocycles. The lowest BCUT2D eigenvalue weighted by Crippen LogP contribution is -2.15. The number of aromatic amines is 1. The monoisotopic (exact) mass is 503 g/mol. The molecule has 0 unspecified atom stereocenters. The van der Waals surface area contributed by atoms with Crippen molar-refractivity contribution in [1.82, 2.24) is 19.7 Å². The van der Waals surface area contributed by atoms with Crippen LogP contribution >= 0.6 is 11.8 Å². The zero-order valence-electron chi connectivity index (χ0n) is 19.5. The molecule has 0 spiro atoms. The van der Waals surface area contributed by atoms with Gasteiger partial charge in [0.2, 0.25) is 5.91 Å². The number of hydrogen-bond acceptors (Lipinski definition) is 6. The highest BCUT2D eigenvalue weighted by atomic mass is 32.2. The van der Waals surface area contributed by atoms with Crippen LogP contribution in [0.1, 0.15) is 0 Å². The molecule has 0 saturated heterocycles. The van der Waals surface area contributed by atoms with Crippen LogP contribution in [-0.4, -0.2) is 45.6 Å². The summed E-state index contributed by atoms with van der Waals surface area (Å²) in [6, 6.07) is 19.1. The van der Waals surface area contributed by atoms with Gasteiger partial charge in [0.25, 0.3) is 0 Å². The zero-order chi connectivity index (χ0) is 25.1. The molecule has 5 rings (SSSR count). The summed E-state index contributed by atoms with van der Waals surface area (Å²) in [5.74, 6) is 1.18. The molecule has 0 atom stereocenters. The highest BCUT2D eigenvalue weighted by Crippen LogP contribution is 2.33. The van der Waals surface area contributed by atoms with E-state index in [0.717, 1.165) is 16.5 Å². The molecule has 1 amide bonds. The van der Waals surface area contributed by atoms with E-state index in [1.165, 1.54) is 31.0 Å². The second-order valence-corrected chi connectivity index (χ2v) is 8.71. The first-order valence-corrected chi connectivity index (χ1v) is 12.0. The van der Waals surface area contributed by atoms with Crippen LogP contribution < -0.4 is 14.8 Å². The van der Waals surface area contributed by atoms with Crippen molar-refractivity contribution >= 4 is 34.3 Å². The fraction of sp³-hybridized carbons (Fsp3) is 0.115. The molecule has 10 heteroatoms. The van der Waals surface area contributed by atoms with Crippen LogP contribution in [0, 0.1) is 5.82 Å². The number of hydrogen-bond donors (Lipinski definition) is 2. The number of benzene rings is 3. The Bertz CT molecular complexity index is 1530. The molecular weight excluding hydrogens is 481 g/mol. The van der Waals surface area contributed by atoms with Crippen LogP contribution in [0.5, 0.6) is 11.5 Å². The zero-order valence-corrected chi connectivity index (χ0v) is 20.3. The molecule has 8 nitrogen and oxygen atoms in total. The van der Waals surface area contributed by atoms with Gasteiger partial charge in [-0.25, -0.2) is 4.39 Å². The van der Waals surface area contributed by atoms with E-state index in [-0.39, 0.29) is 17.5 Å². The Morgan fingerprint density at radius 1 is 1.06 bits per heavy atom. The van der Waals surface area contributed by atoms with Crippen molar-refractivity contribution in [3.05, 3.63) is 78.7 Å². The van der Waals surface area contributed by atoms with Gasteiger partial charge in [0.05, 0.1) is 25.7 Å². The quantitative estimate of drug-likeness (QED) is 0.279. The van der Waals surface area contributed by atoms with Crippen molar-refractivity contribution in [2.75, 3.05) is 25.3 Å². The van der Waals surface area contributed by atoms with Crippen molar-refractivity contribution in [3.63, 3.8) is 0 Å². The standard InChI is InChI=1S/C26H22FN5O3S/c1-34-18-11-12-22(23(13-18)35-2)29-24(33)15-36-26-31-30-25(32(26)17-9-7-16(27)8-10-17)20-14-28-21-6-4-3-5-19(20)21/h3-14,28H,15H2,1-2H3,(H,29,33). The lowest BCUT2D eigenvalue weighted by molar-refractivity contribution is -0.113. The van der Waals surface area contributed by atoms with Gasteiger partial charge in [-0.15, -0.1) is 10.2 Å². The van der Waals surface area contributed by atoms with Gasteiger partial charge in [-0.2, -0.15) is 0 Å². The number of fused-ring (bicyclic) bond motifs is 1. The molecule has 182 valence electrons. The molecular formula is C26H22FN5O3S. The SMILES string of the molecule is COc1ccc(NC(=O)CSc2nnc(-c3c[nH]c4ccccc34)n2-c2ccc(F)cc2)c(OC)c1. The summed E-state index contributed by atoms with van der Waals surface area (Å²) in [5, 5.41) is 13.1. The fourth-order valence-corrected chi connectivity index (χ4v) is 4.59. The molecule has 36 heavy (non-hydrogen) atoms. The molecule has 0 saturated carbocycles. The maximum absolute atomic E-state index is 13.7. The first-order chi connectivity index (χ1) is 17.6. The summed E-state index contributed by atoms with van der Waals surface area (Å²) in [6.45, 7) is 0. The Labute approximate surface area is 210 Å². The van der Waals surface area contributed by atoms with E-state index in [4.69, 9.17) is 9.47 Å². The first-order valence-electron chi connectivity index (χ1n) is 11.0. The van der Waals surface area contributed by atoms with E-state index in [9.17, 15) is 9.18 Å². The van der Waals surface area contributed by atoms with E-state index in [2.05, 4.69) is 20.5 Å². The maximum atomic E-state index is 13.7. The molecule has 0 bridgehead atoms. The third-order valence-electron chi connectivity index (χ3n) is 5.56. The third-order valence-corrected chi connectivity index (χ3v) is 6.49. The number of amides is 1. The molecule has 0 fully saturated rings. The minimum atomic E-state index is -0.345. The number of para-hydroxylation sites is 1. The molecule has 3 aromatic carbocycles. The van der Waals surface area contributed by atoms with Gasteiger partial charge in [-0.05, 0) is 42.5 Å². The largest absolute Gasteiger partial charge is 0.497 e. The summed E-state index contributed by atoms with van der Waals surface area (Å²) in [5.41, 5.74) is 3.02. The van der Waals surface area contributed by atoms with E-state index in [0.29, 0.717) is 33.9 Å². The van der Waals surface area contributed by atoms with Gasteiger partial charge in [0, 0.05) is 34.4 Å². The van der Waals surface area contributed by atoms with E-state index < -0.39 is 0 Å². The summed E-state index contributed by atoms with van der Waals surface area (Å²) in [6.07, 6.45) is 1.87. The summed E-state index contributed by atoms with van der Waals surface area (Å²) >= 11 is 1.23. The minimum absolute atomic E-state index is 0.0718. The lowest BCUT2D eigenvalue weighted by atomic mass is 10.1. The first kappa shape index (κ1) is 23.4. The van der Waals surface area contributed by atoms with Crippen LogP contribution in [0.4, 0.5) is 10.1 Å². The summed E-state index contributed by atoms with van der Waals surface area (Å²) in [7, 11) is 3.09. The Morgan fingerprint density at radius 3 is 2.64 bits per heavy atom. The van der Waals surface area contributed by atoms with Crippen molar-refractivity contribution < 1.29 is 18.7 Å². The van der Waals surface area contributed by atoms with Crippen molar-refractivity contribution in [3.8, 4) is 28.6 Å². The number of ether oxygens (including phenoxy) is 2. The average Bonchev–Trinajstić information content (AvgIpc) is 3.52. The predicted molar refractivity (Wildman–Crippen MR) is 138 cm³/mol. The molecule has 2 N–H and O–H groups in total. The Kier molecular flexibility index (Phi) is 6.59. The minimum Gasteiger partial charge on any atom is -0.497 e. The number of anilines is 1. The van der Waals surface area contributed by atoms with Gasteiger partial charge < -0.3 is 19.8 Å². The number of nitrogens with zero attached hydrogens (tertiary/aromatic N) is 3. The van der Waals surface area contributed by atoms with Crippen LogP contribution in [0.3, 0.4) is 0 Å². The van der Waals surface area contributed by atoms with Crippen molar-refractivity contribution in [2.45, 2.75) is 5.16 Å². The Morgan fingerprint density at radius 2 is 1.86 bits per heavy atom. The molecule has 0 aliphatic carbocycles. The van der Waals surface area contributed by atoms with Crippen LogP contribution in [0.25, 0.3) is 28.0 Å². The smallest absolute Gasteiger partial charge is 0.234 e. The second kappa shape index (κ2) is 10.1.